The van der Waals surface area contributed by atoms with Gasteiger partial charge in [0.1, 0.15) is 5.82 Å². The number of hydrogen-bond donors (Lipinski definition) is 2. The topological polar surface area (TPSA) is 103 Å². The first-order valence-corrected chi connectivity index (χ1v) is 10.6. The Morgan fingerprint density at radius 1 is 1.14 bits per heavy atom. The molecular weight excluding hydrogens is 364 g/mol. The summed E-state index contributed by atoms with van der Waals surface area (Å²) in [6, 6.07) is 9.37. The molecule has 1 aromatic heterocycles. The van der Waals surface area contributed by atoms with Gasteiger partial charge in [-0.3, -0.25) is 9.69 Å². The number of primary amides is 1. The third-order valence-electron chi connectivity index (χ3n) is 6.39. The van der Waals surface area contributed by atoms with Crippen LogP contribution in [0.4, 0.5) is 5.69 Å². The van der Waals surface area contributed by atoms with Crippen molar-refractivity contribution in [1.29, 1.82) is 0 Å². The first kappa shape index (κ1) is 19.9. The minimum absolute atomic E-state index is 0.209. The molecule has 29 heavy (non-hydrogen) atoms. The van der Waals surface area contributed by atoms with E-state index in [1.807, 2.05) is 16.7 Å². The maximum Gasteiger partial charge on any atom is 0.286 e. The number of amides is 1. The lowest BCUT2D eigenvalue weighted by molar-refractivity contribution is 0.0936. The Kier molecular flexibility index (Phi) is 5.58. The van der Waals surface area contributed by atoms with Crippen LogP contribution in [0.25, 0.3) is 0 Å². The van der Waals surface area contributed by atoms with E-state index < -0.39 is 5.91 Å². The van der Waals surface area contributed by atoms with Crippen molar-refractivity contribution < 1.29 is 4.79 Å². The Bertz CT molecular complexity index is 845. The molecule has 2 aromatic rings. The maximum absolute atomic E-state index is 11.9. The molecule has 2 saturated heterocycles. The fraction of sp³-hybridized carbons (Fsp3) is 0.545. The van der Waals surface area contributed by atoms with Gasteiger partial charge in [-0.2, -0.15) is 0 Å². The summed E-state index contributed by atoms with van der Waals surface area (Å²) < 4.78 is 2.04. The van der Waals surface area contributed by atoms with Gasteiger partial charge >= 0.3 is 0 Å². The van der Waals surface area contributed by atoms with Crippen LogP contribution in [0.3, 0.4) is 0 Å². The van der Waals surface area contributed by atoms with Crippen LogP contribution in [-0.4, -0.2) is 44.2 Å². The summed E-state index contributed by atoms with van der Waals surface area (Å²) in [5.41, 5.74) is 13.4. The van der Waals surface area contributed by atoms with Gasteiger partial charge in [0.15, 0.2) is 0 Å². The Hall–Kier alpha value is -2.41. The predicted molar refractivity (Wildman–Crippen MR) is 113 cm³/mol. The van der Waals surface area contributed by atoms with E-state index in [0.29, 0.717) is 17.9 Å². The van der Waals surface area contributed by atoms with Gasteiger partial charge in [0.25, 0.3) is 5.91 Å². The average molecular weight is 396 g/mol. The molecule has 1 radical (unpaired) electrons. The van der Waals surface area contributed by atoms with Crippen LogP contribution < -0.4 is 11.5 Å². The molecule has 0 aliphatic carbocycles. The number of carbonyl (C=O) groups is 1. The Morgan fingerprint density at radius 3 is 2.38 bits per heavy atom. The molecule has 4 N–H and O–H groups in total. The molecule has 7 nitrogen and oxygen atoms in total. The molecule has 2 fully saturated rings. The molecule has 2 atom stereocenters. The number of nitrogen functional groups attached to an aromatic ring is 1. The standard InChI is InChI=1S/C22H31N6O/c1-14(2)21-25-26-22(20(24)29)28(21)19-12-17-9-10-18(13-19)27(17)11-3-4-15-5-7-16(23)8-6-15/h4-8,14,17-19H,3,9-13,23H2,1-2H3,(H2,24,29). The summed E-state index contributed by atoms with van der Waals surface area (Å²) in [5.74, 6) is 0.898. The lowest BCUT2D eigenvalue weighted by Crippen LogP contribution is -2.44. The summed E-state index contributed by atoms with van der Waals surface area (Å²) in [5, 5.41) is 8.38. The van der Waals surface area contributed by atoms with Crippen molar-refractivity contribution in [3.8, 4) is 0 Å². The molecule has 4 rings (SSSR count). The second-order valence-corrected chi connectivity index (χ2v) is 8.68. The molecule has 0 saturated carbocycles. The molecule has 1 aromatic carbocycles. The molecule has 3 heterocycles. The SMILES string of the molecule is CC(C)c1nnc(C(N)=O)n1C1CC2CCC(C1)N2CC[CH]c1ccc(N)cc1. The lowest BCUT2D eigenvalue weighted by atomic mass is 9.95. The first-order chi connectivity index (χ1) is 13.9. The number of nitrogens with zero attached hydrogens (tertiary/aromatic N) is 4. The number of carbonyl (C=O) groups excluding carboxylic acids is 1. The number of benzene rings is 1. The Labute approximate surface area is 172 Å². The molecule has 0 spiro atoms. The normalized spacial score (nSPS) is 24.3. The van der Waals surface area contributed by atoms with E-state index in [1.54, 1.807) is 0 Å². The quantitative estimate of drug-likeness (QED) is 0.702. The Morgan fingerprint density at radius 2 is 1.79 bits per heavy atom. The fourth-order valence-corrected chi connectivity index (χ4v) is 5.06. The Balaban J connectivity index is 1.42. The van der Waals surface area contributed by atoms with E-state index in [4.69, 9.17) is 11.5 Å². The smallest absolute Gasteiger partial charge is 0.286 e. The van der Waals surface area contributed by atoms with E-state index in [0.717, 1.165) is 37.3 Å². The van der Waals surface area contributed by atoms with Crippen molar-refractivity contribution in [2.75, 3.05) is 12.3 Å². The molecule has 1 amide bonds. The van der Waals surface area contributed by atoms with Crippen molar-refractivity contribution in [2.45, 2.75) is 70.0 Å². The van der Waals surface area contributed by atoms with Gasteiger partial charge in [0.05, 0.1) is 0 Å². The third-order valence-corrected chi connectivity index (χ3v) is 6.39. The van der Waals surface area contributed by atoms with Crippen molar-refractivity contribution in [1.82, 2.24) is 19.7 Å². The largest absolute Gasteiger partial charge is 0.399 e. The van der Waals surface area contributed by atoms with Crippen LogP contribution in [0.5, 0.6) is 0 Å². The van der Waals surface area contributed by atoms with Gasteiger partial charge < -0.3 is 16.0 Å². The van der Waals surface area contributed by atoms with E-state index in [1.165, 1.54) is 18.4 Å². The van der Waals surface area contributed by atoms with Gasteiger partial charge in [-0.25, -0.2) is 0 Å². The number of piperidine rings is 1. The van der Waals surface area contributed by atoms with Crippen LogP contribution >= 0.6 is 0 Å². The number of aromatic nitrogens is 3. The molecule has 155 valence electrons. The zero-order chi connectivity index (χ0) is 20.5. The highest BCUT2D eigenvalue weighted by molar-refractivity contribution is 5.89. The molecule has 2 unspecified atom stereocenters. The summed E-state index contributed by atoms with van der Waals surface area (Å²) in [6.07, 6.45) is 7.79. The van der Waals surface area contributed by atoms with E-state index in [2.05, 4.69) is 47.5 Å². The molecular formula is C22H31N6O. The number of rotatable bonds is 7. The van der Waals surface area contributed by atoms with Crippen molar-refractivity contribution in [3.05, 3.63) is 47.9 Å². The van der Waals surface area contributed by atoms with Crippen LogP contribution in [0.1, 0.15) is 79.9 Å². The van der Waals surface area contributed by atoms with Gasteiger partial charge in [-0.1, -0.05) is 26.0 Å². The average Bonchev–Trinajstić information content (AvgIpc) is 3.22. The minimum atomic E-state index is -0.489. The summed E-state index contributed by atoms with van der Waals surface area (Å²) in [6.45, 7) is 5.23. The monoisotopic (exact) mass is 395 g/mol. The van der Waals surface area contributed by atoms with E-state index in [-0.39, 0.29) is 12.0 Å². The highest BCUT2D eigenvalue weighted by Gasteiger charge is 2.42. The molecule has 2 aliphatic rings. The predicted octanol–water partition coefficient (Wildman–Crippen LogP) is 2.89. The number of nitrogens with two attached hydrogens (primary N) is 2. The maximum atomic E-state index is 11.9. The van der Waals surface area contributed by atoms with E-state index in [9.17, 15) is 4.79 Å². The second-order valence-electron chi connectivity index (χ2n) is 8.68. The van der Waals surface area contributed by atoms with Crippen molar-refractivity contribution in [2.24, 2.45) is 5.73 Å². The number of hydrogen-bond acceptors (Lipinski definition) is 5. The number of fused-ring (bicyclic) bond motifs is 2. The van der Waals surface area contributed by atoms with Crippen LogP contribution in [0.2, 0.25) is 0 Å². The summed E-state index contributed by atoms with van der Waals surface area (Å²) >= 11 is 0. The molecule has 2 aliphatic heterocycles. The van der Waals surface area contributed by atoms with Gasteiger partial charge in [0.2, 0.25) is 5.82 Å². The summed E-state index contributed by atoms with van der Waals surface area (Å²) in [7, 11) is 0. The van der Waals surface area contributed by atoms with Crippen LogP contribution in [-0.2, 0) is 0 Å². The van der Waals surface area contributed by atoms with Crippen molar-refractivity contribution >= 4 is 11.6 Å². The highest BCUT2D eigenvalue weighted by Crippen LogP contribution is 2.42. The summed E-state index contributed by atoms with van der Waals surface area (Å²) in [4.78, 5) is 14.6. The number of anilines is 1. The van der Waals surface area contributed by atoms with Crippen LogP contribution in [0, 0.1) is 6.42 Å². The molecule has 7 heteroatoms. The lowest BCUT2D eigenvalue weighted by Gasteiger charge is -2.40. The molecule has 2 bridgehead atoms. The highest BCUT2D eigenvalue weighted by atomic mass is 16.1. The minimum Gasteiger partial charge on any atom is -0.399 e. The van der Waals surface area contributed by atoms with Crippen LogP contribution in [0.15, 0.2) is 24.3 Å². The first-order valence-electron chi connectivity index (χ1n) is 10.6. The van der Waals surface area contributed by atoms with Gasteiger partial charge in [0, 0.05) is 29.7 Å². The van der Waals surface area contributed by atoms with E-state index >= 15 is 0 Å². The van der Waals surface area contributed by atoms with Crippen molar-refractivity contribution in [3.63, 3.8) is 0 Å². The zero-order valence-electron chi connectivity index (χ0n) is 17.3. The van der Waals surface area contributed by atoms with Gasteiger partial charge in [-0.05, 0) is 62.8 Å². The third kappa shape index (κ3) is 4.01. The second kappa shape index (κ2) is 8.14. The fourth-order valence-electron chi connectivity index (χ4n) is 5.06. The zero-order valence-corrected chi connectivity index (χ0v) is 17.3. The van der Waals surface area contributed by atoms with Gasteiger partial charge in [-0.15, -0.1) is 10.2 Å².